The third-order valence-electron chi connectivity index (χ3n) is 10.5. The molecule has 238 valence electrons. The summed E-state index contributed by atoms with van der Waals surface area (Å²) in [5.74, 6) is 0. The Morgan fingerprint density at radius 3 is 1.67 bits per heavy atom. The molecule has 0 saturated heterocycles. The zero-order valence-electron chi connectivity index (χ0n) is 27.6. The predicted octanol–water partition coefficient (Wildman–Crippen LogP) is 13.5. The van der Waals surface area contributed by atoms with Crippen molar-refractivity contribution in [1.82, 2.24) is 4.40 Å². The van der Waals surface area contributed by atoms with Crippen LogP contribution in [-0.4, -0.2) is 4.40 Å². The normalized spacial score (nSPS) is 11.9. The minimum absolute atomic E-state index is 0.890. The first-order valence-electron chi connectivity index (χ1n) is 17.4. The maximum Gasteiger partial charge on any atom is 0.135 e. The number of para-hydroxylation sites is 3. The molecule has 0 aliphatic carbocycles. The van der Waals surface area contributed by atoms with Crippen LogP contribution in [0.2, 0.25) is 0 Å². The van der Waals surface area contributed by atoms with Crippen LogP contribution in [0.4, 0.5) is 17.1 Å². The van der Waals surface area contributed by atoms with Gasteiger partial charge in [0, 0.05) is 49.4 Å². The number of furan rings is 1. The molecule has 3 aromatic heterocycles. The largest absolute Gasteiger partial charge is 0.456 e. The average Bonchev–Trinajstić information content (AvgIpc) is 3.86. The molecule has 11 aromatic rings. The van der Waals surface area contributed by atoms with Crippen molar-refractivity contribution in [2.24, 2.45) is 0 Å². The van der Waals surface area contributed by atoms with Gasteiger partial charge in [-0.3, -0.25) is 0 Å². The van der Waals surface area contributed by atoms with Crippen LogP contribution in [0.25, 0.3) is 82.3 Å². The molecule has 0 unspecified atom stereocenters. The summed E-state index contributed by atoms with van der Waals surface area (Å²) in [7, 11) is 0. The van der Waals surface area contributed by atoms with E-state index in [4.69, 9.17) is 4.42 Å². The van der Waals surface area contributed by atoms with Gasteiger partial charge in [-0.1, -0.05) is 115 Å². The molecule has 8 aromatic carbocycles. The molecular weight excluding hydrogens is 621 g/mol. The van der Waals surface area contributed by atoms with Crippen molar-refractivity contribution >= 4 is 77.1 Å². The number of benzene rings is 8. The SMILES string of the molecule is c1ccc(-c2ccc(N(c3ccc(-c4ccc5c(c4)c4cccc6c7ccccc7n5c64)cc3)c3ccc4oc5ccccc5c4c3)cc2)cc1. The Bertz CT molecular complexity index is 3060. The lowest BCUT2D eigenvalue weighted by Gasteiger charge is -2.26. The lowest BCUT2D eigenvalue weighted by Crippen LogP contribution is -2.09. The maximum atomic E-state index is 6.19. The summed E-state index contributed by atoms with van der Waals surface area (Å²) in [4.78, 5) is 2.33. The standard InChI is InChI=1S/C48H30N2O/c1-2-9-31(10-3-1)32-17-22-35(23-18-32)49(37-26-28-47-43(30-37)39-12-5-7-16-46(39)51-47)36-24-19-33(20-25-36)34-21-27-45-42(29-34)41-14-8-13-40-38-11-4-6-15-44(38)50(45)48(40)41/h1-30H. The predicted molar refractivity (Wildman–Crippen MR) is 214 cm³/mol. The van der Waals surface area contributed by atoms with E-state index in [0.29, 0.717) is 0 Å². The van der Waals surface area contributed by atoms with Crippen molar-refractivity contribution in [2.45, 2.75) is 0 Å². The van der Waals surface area contributed by atoms with Crippen LogP contribution in [0.15, 0.2) is 186 Å². The molecule has 3 heterocycles. The maximum absolute atomic E-state index is 6.19. The summed E-state index contributed by atoms with van der Waals surface area (Å²) in [5, 5.41) is 7.42. The Morgan fingerprint density at radius 1 is 0.333 bits per heavy atom. The smallest absolute Gasteiger partial charge is 0.135 e. The van der Waals surface area contributed by atoms with E-state index in [9.17, 15) is 0 Å². The molecule has 3 heteroatoms. The molecule has 3 nitrogen and oxygen atoms in total. The van der Waals surface area contributed by atoms with Gasteiger partial charge >= 0.3 is 0 Å². The van der Waals surface area contributed by atoms with Gasteiger partial charge in [-0.15, -0.1) is 0 Å². The van der Waals surface area contributed by atoms with Gasteiger partial charge in [-0.25, -0.2) is 0 Å². The Kier molecular flexibility index (Phi) is 5.96. The Labute approximate surface area is 294 Å². The van der Waals surface area contributed by atoms with Crippen molar-refractivity contribution in [1.29, 1.82) is 0 Å². The van der Waals surface area contributed by atoms with Gasteiger partial charge in [0.1, 0.15) is 11.2 Å². The Hall–Kier alpha value is -6.84. The van der Waals surface area contributed by atoms with Crippen molar-refractivity contribution in [3.05, 3.63) is 182 Å². The van der Waals surface area contributed by atoms with Crippen molar-refractivity contribution in [2.75, 3.05) is 4.90 Å². The number of fused-ring (bicyclic) bond motifs is 9. The zero-order chi connectivity index (χ0) is 33.5. The topological polar surface area (TPSA) is 20.8 Å². The number of nitrogens with zero attached hydrogens (tertiary/aromatic N) is 2. The van der Waals surface area contributed by atoms with E-state index >= 15 is 0 Å². The summed E-state index contributed by atoms with van der Waals surface area (Å²) in [5.41, 5.74) is 13.6. The lowest BCUT2D eigenvalue weighted by molar-refractivity contribution is 0.669. The third kappa shape index (κ3) is 4.25. The number of aromatic nitrogens is 1. The monoisotopic (exact) mass is 650 g/mol. The first-order chi connectivity index (χ1) is 25.3. The fourth-order valence-electron chi connectivity index (χ4n) is 8.15. The highest BCUT2D eigenvalue weighted by atomic mass is 16.3. The highest BCUT2D eigenvalue weighted by Crippen LogP contribution is 2.42. The number of rotatable bonds is 5. The quantitative estimate of drug-likeness (QED) is 0.185. The molecule has 0 bridgehead atoms. The molecule has 0 N–H and O–H groups in total. The van der Waals surface area contributed by atoms with E-state index in [2.05, 4.69) is 179 Å². The van der Waals surface area contributed by atoms with Gasteiger partial charge in [0.05, 0.1) is 16.6 Å². The van der Waals surface area contributed by atoms with Crippen LogP contribution in [0.1, 0.15) is 0 Å². The average molecular weight is 651 g/mol. The number of hydrogen-bond donors (Lipinski definition) is 0. The first kappa shape index (κ1) is 28.0. The molecule has 0 amide bonds. The summed E-state index contributed by atoms with van der Waals surface area (Å²) < 4.78 is 8.63. The lowest BCUT2D eigenvalue weighted by atomic mass is 10.0. The minimum atomic E-state index is 0.890. The molecule has 51 heavy (non-hydrogen) atoms. The van der Waals surface area contributed by atoms with E-state index < -0.39 is 0 Å². The fraction of sp³-hybridized carbons (Fsp3) is 0. The second-order valence-electron chi connectivity index (χ2n) is 13.4. The summed E-state index contributed by atoms with van der Waals surface area (Å²) in [6, 6.07) is 65.5. The van der Waals surface area contributed by atoms with E-state index in [1.54, 1.807) is 0 Å². The number of anilines is 3. The van der Waals surface area contributed by atoms with Crippen LogP contribution in [0, 0.1) is 0 Å². The van der Waals surface area contributed by atoms with Crippen LogP contribution in [-0.2, 0) is 0 Å². The van der Waals surface area contributed by atoms with E-state index in [1.165, 1.54) is 60.3 Å². The van der Waals surface area contributed by atoms with Crippen LogP contribution in [0.3, 0.4) is 0 Å². The van der Waals surface area contributed by atoms with Gasteiger partial charge in [0.2, 0.25) is 0 Å². The molecule has 11 rings (SSSR count). The van der Waals surface area contributed by atoms with Crippen LogP contribution in [0.5, 0.6) is 0 Å². The first-order valence-corrected chi connectivity index (χ1v) is 17.4. The molecule has 0 saturated carbocycles. The second-order valence-corrected chi connectivity index (χ2v) is 13.4. The summed E-state index contributed by atoms with van der Waals surface area (Å²) in [6.45, 7) is 0. The molecule has 0 aliphatic heterocycles. The van der Waals surface area contributed by atoms with Gasteiger partial charge in [0.25, 0.3) is 0 Å². The zero-order valence-corrected chi connectivity index (χ0v) is 27.6. The van der Waals surface area contributed by atoms with Gasteiger partial charge in [-0.2, -0.15) is 0 Å². The third-order valence-corrected chi connectivity index (χ3v) is 10.5. The highest BCUT2D eigenvalue weighted by molar-refractivity contribution is 6.23. The Morgan fingerprint density at radius 2 is 0.882 bits per heavy atom. The van der Waals surface area contributed by atoms with Crippen LogP contribution < -0.4 is 4.90 Å². The Balaban J connectivity index is 1.03. The summed E-state index contributed by atoms with van der Waals surface area (Å²) in [6.07, 6.45) is 0. The fourth-order valence-corrected chi connectivity index (χ4v) is 8.15. The number of hydrogen-bond acceptors (Lipinski definition) is 2. The highest BCUT2D eigenvalue weighted by Gasteiger charge is 2.19. The summed E-state index contributed by atoms with van der Waals surface area (Å²) >= 11 is 0. The van der Waals surface area contributed by atoms with Crippen molar-refractivity contribution in [3.8, 4) is 22.3 Å². The molecule has 0 radical (unpaired) electrons. The van der Waals surface area contributed by atoms with Crippen molar-refractivity contribution in [3.63, 3.8) is 0 Å². The van der Waals surface area contributed by atoms with Crippen molar-refractivity contribution < 1.29 is 4.42 Å². The van der Waals surface area contributed by atoms with Gasteiger partial charge in [-0.05, 0) is 89.0 Å². The van der Waals surface area contributed by atoms with Gasteiger partial charge in [0.15, 0.2) is 0 Å². The van der Waals surface area contributed by atoms with Gasteiger partial charge < -0.3 is 13.7 Å². The second kappa shape index (κ2) is 10.8. The van der Waals surface area contributed by atoms with E-state index in [0.717, 1.165) is 39.0 Å². The van der Waals surface area contributed by atoms with Crippen LogP contribution >= 0.6 is 0 Å². The van der Waals surface area contributed by atoms with E-state index in [1.807, 2.05) is 12.1 Å². The molecule has 0 atom stereocenters. The molecule has 0 spiro atoms. The van der Waals surface area contributed by atoms with E-state index in [-0.39, 0.29) is 0 Å². The minimum Gasteiger partial charge on any atom is -0.456 e. The molecule has 0 fully saturated rings. The molecule has 0 aliphatic rings. The molecular formula is C48H30N2O.